The van der Waals surface area contributed by atoms with E-state index in [9.17, 15) is 0 Å². The molecule has 5 nitrogen and oxygen atoms in total. The first kappa shape index (κ1) is 39.7. The summed E-state index contributed by atoms with van der Waals surface area (Å²) in [6.45, 7) is 11.6. The Labute approximate surface area is 396 Å². The number of para-hydroxylation sites is 3. The summed E-state index contributed by atoms with van der Waals surface area (Å²) in [4.78, 5) is 5.13. The smallest absolute Gasteiger partial charge is 0.375 e. The average molecular weight is 883 g/mol. The third-order valence-electron chi connectivity index (χ3n) is 15.9. The van der Waals surface area contributed by atoms with E-state index >= 15 is 0 Å². The highest BCUT2D eigenvalue weighted by Crippen LogP contribution is 2.57. The average Bonchev–Trinajstić information content (AvgIpc) is 4.06. The molecule has 0 atom stereocenters. The van der Waals surface area contributed by atoms with Crippen LogP contribution in [0.3, 0.4) is 0 Å². The normalized spacial score (nSPS) is 15.6. The van der Waals surface area contributed by atoms with Crippen molar-refractivity contribution in [3.8, 4) is 22.3 Å². The van der Waals surface area contributed by atoms with Gasteiger partial charge in [0.25, 0.3) is 0 Å². The predicted octanol–water partition coefficient (Wildman–Crippen LogP) is 16.3. The Hall–Kier alpha value is -7.44. The number of nitrogens with zero attached hydrogens (tertiary/aromatic N) is 2. The van der Waals surface area contributed by atoms with Crippen LogP contribution in [0.2, 0.25) is 0 Å². The highest BCUT2D eigenvalue weighted by molar-refractivity contribution is 6.93. The molecule has 1 aliphatic carbocycles. The van der Waals surface area contributed by atoms with Crippen molar-refractivity contribution in [2.75, 3.05) is 9.71 Å². The summed E-state index contributed by atoms with van der Waals surface area (Å²) in [5, 5.41) is 5.51. The van der Waals surface area contributed by atoms with E-state index in [1.807, 2.05) is 0 Å². The topological polar surface area (TPSA) is 45.9 Å². The van der Waals surface area contributed by atoms with Crippen LogP contribution in [0.5, 0.6) is 0 Å². The van der Waals surface area contributed by atoms with Gasteiger partial charge in [-0.05, 0) is 130 Å². The fourth-order valence-corrected chi connectivity index (χ4v) is 12.4. The number of rotatable bonds is 6. The van der Waals surface area contributed by atoms with Crippen molar-refractivity contribution in [2.24, 2.45) is 0 Å². The van der Waals surface area contributed by atoms with Crippen LogP contribution in [-0.2, 0) is 17.3 Å². The molecule has 11 aromatic rings. The summed E-state index contributed by atoms with van der Waals surface area (Å²) in [6.07, 6.45) is 5.54. The number of unbranched alkanes of at least 4 members (excludes halogenated alkanes) is 1. The molecule has 0 unspecified atom stereocenters. The number of aryl methyl sites for hydroxylation is 1. The van der Waals surface area contributed by atoms with E-state index in [-0.39, 0.29) is 17.7 Å². The van der Waals surface area contributed by atoms with Gasteiger partial charge in [0.2, 0.25) is 0 Å². The molecule has 330 valence electrons. The monoisotopic (exact) mass is 882 g/mol. The fraction of sp³-hybridized carbons (Fsp3) is 0.194. The Bertz CT molecular complexity index is 3870. The molecule has 0 saturated carbocycles. The molecule has 0 saturated heterocycles. The molecule has 3 aliphatic rings. The Balaban J connectivity index is 1.20. The quantitative estimate of drug-likeness (QED) is 0.156. The number of furan rings is 3. The van der Waals surface area contributed by atoms with Gasteiger partial charge in [0, 0.05) is 55.8 Å². The van der Waals surface area contributed by atoms with Gasteiger partial charge >= 0.3 is 6.85 Å². The minimum Gasteiger partial charge on any atom is -0.466 e. The minimum atomic E-state index is -0.368. The van der Waals surface area contributed by atoms with E-state index in [1.54, 1.807) is 0 Å². The summed E-state index contributed by atoms with van der Waals surface area (Å²) in [5.74, 6) is 0. The van der Waals surface area contributed by atoms with E-state index in [4.69, 9.17) is 13.3 Å². The maximum Gasteiger partial charge on any atom is 0.375 e. The van der Waals surface area contributed by atoms with E-state index in [0.717, 1.165) is 127 Å². The molecule has 3 aromatic heterocycles. The molecule has 0 radical (unpaired) electrons. The largest absolute Gasteiger partial charge is 0.466 e. The summed E-state index contributed by atoms with van der Waals surface area (Å²) in [7, 11) is 0. The molecule has 0 fully saturated rings. The van der Waals surface area contributed by atoms with Crippen LogP contribution < -0.4 is 20.8 Å². The van der Waals surface area contributed by atoms with Crippen LogP contribution in [0.4, 0.5) is 28.4 Å². The van der Waals surface area contributed by atoms with Crippen LogP contribution in [0.1, 0.15) is 77.0 Å². The highest BCUT2D eigenvalue weighted by atomic mass is 16.3. The van der Waals surface area contributed by atoms with Crippen molar-refractivity contribution in [1.82, 2.24) is 0 Å². The van der Waals surface area contributed by atoms with Crippen molar-refractivity contribution in [1.29, 1.82) is 0 Å². The number of benzene rings is 8. The minimum absolute atomic E-state index is 0.00368. The zero-order valence-corrected chi connectivity index (χ0v) is 39.2. The van der Waals surface area contributed by atoms with Crippen LogP contribution in [0.25, 0.3) is 77.1 Å². The van der Waals surface area contributed by atoms with Crippen molar-refractivity contribution >= 4 is 101 Å². The third kappa shape index (κ3) is 5.52. The first-order chi connectivity index (χ1) is 33.2. The van der Waals surface area contributed by atoms with Crippen molar-refractivity contribution in [3.63, 3.8) is 0 Å². The van der Waals surface area contributed by atoms with Gasteiger partial charge in [0.1, 0.15) is 33.6 Å². The Kier molecular flexibility index (Phi) is 8.34. The molecule has 0 spiro atoms. The molecule has 6 heteroatoms. The zero-order chi connectivity index (χ0) is 45.6. The molecule has 2 aliphatic heterocycles. The lowest BCUT2D eigenvalue weighted by Crippen LogP contribution is -2.61. The number of fused-ring (bicyclic) bond motifs is 15. The van der Waals surface area contributed by atoms with Gasteiger partial charge in [0.05, 0.1) is 16.8 Å². The van der Waals surface area contributed by atoms with Gasteiger partial charge in [-0.3, -0.25) is 0 Å². The standard InChI is InChI=1S/C62H51BN2O3/c1-6-7-18-37-27-29-47(43(33-37)38-19-10-8-11-20-38)64-48-36-53-54(40-23-14-16-25-49(40)67-53)56-42-28-30-51-55(41-24-15-17-26-50(41)66-51)58(42)65(39-21-12-9-13-22-39)63(57(48)56)60-59(64)44-34-45-46(35-52(44)68-60)62(4,5)32-31-61(45,2)3/h8-17,19-30,33-36H,6-7,18,31-32H2,1-5H3. The van der Waals surface area contributed by atoms with Gasteiger partial charge in [0.15, 0.2) is 0 Å². The van der Waals surface area contributed by atoms with Crippen LogP contribution in [0, 0.1) is 0 Å². The number of hydrogen-bond donors (Lipinski definition) is 0. The van der Waals surface area contributed by atoms with Crippen LogP contribution in [-0.4, -0.2) is 6.85 Å². The molecule has 8 aromatic carbocycles. The molecular weight excluding hydrogens is 832 g/mol. The molecule has 0 N–H and O–H groups in total. The molecule has 0 amide bonds. The third-order valence-corrected chi connectivity index (χ3v) is 15.9. The maximum absolute atomic E-state index is 7.74. The van der Waals surface area contributed by atoms with Crippen molar-refractivity contribution in [2.45, 2.75) is 77.6 Å². The Morgan fingerprint density at radius 1 is 0.529 bits per heavy atom. The van der Waals surface area contributed by atoms with Gasteiger partial charge in [-0.1, -0.05) is 132 Å². The second-order valence-corrected chi connectivity index (χ2v) is 20.8. The van der Waals surface area contributed by atoms with Crippen molar-refractivity contribution < 1.29 is 13.3 Å². The lowest BCUT2D eigenvalue weighted by Gasteiger charge is -2.44. The fourth-order valence-electron chi connectivity index (χ4n) is 12.4. The van der Waals surface area contributed by atoms with Gasteiger partial charge in [-0.15, -0.1) is 0 Å². The zero-order valence-electron chi connectivity index (χ0n) is 39.2. The molecule has 14 rings (SSSR count). The van der Waals surface area contributed by atoms with E-state index < -0.39 is 0 Å². The second kappa shape index (κ2) is 14.3. The lowest BCUT2D eigenvalue weighted by molar-refractivity contribution is 0.332. The summed E-state index contributed by atoms with van der Waals surface area (Å²) < 4.78 is 21.5. The van der Waals surface area contributed by atoms with E-state index in [2.05, 4.69) is 202 Å². The predicted molar refractivity (Wildman–Crippen MR) is 284 cm³/mol. The van der Waals surface area contributed by atoms with E-state index in [1.165, 1.54) is 38.8 Å². The Morgan fingerprint density at radius 2 is 1.19 bits per heavy atom. The van der Waals surface area contributed by atoms with Gasteiger partial charge in [-0.25, -0.2) is 0 Å². The first-order valence-corrected chi connectivity index (χ1v) is 24.6. The number of anilines is 5. The molecule has 5 heterocycles. The summed E-state index contributed by atoms with van der Waals surface area (Å²) in [5.41, 5.74) is 20.7. The summed E-state index contributed by atoms with van der Waals surface area (Å²) >= 11 is 0. The molecule has 0 bridgehead atoms. The molecule has 68 heavy (non-hydrogen) atoms. The Morgan fingerprint density at radius 3 is 1.93 bits per heavy atom. The summed E-state index contributed by atoms with van der Waals surface area (Å²) in [6, 6.07) is 57.8. The molecular formula is C62H51BN2O3. The van der Waals surface area contributed by atoms with Crippen LogP contribution in [0.15, 0.2) is 171 Å². The van der Waals surface area contributed by atoms with Crippen LogP contribution >= 0.6 is 0 Å². The first-order valence-electron chi connectivity index (χ1n) is 24.6. The lowest BCUT2D eigenvalue weighted by atomic mass is 9.45. The number of hydrogen-bond acceptors (Lipinski definition) is 5. The van der Waals surface area contributed by atoms with Gasteiger partial charge in [-0.2, -0.15) is 0 Å². The maximum atomic E-state index is 7.74. The van der Waals surface area contributed by atoms with Gasteiger partial charge < -0.3 is 23.0 Å². The SMILES string of the molecule is CCCCc1ccc(N2c3cc4oc5ccccc5c4c4c3B(c3oc5cc6c(cc5c32)C(C)(C)CCC6(C)C)N(c2ccccc2)c2c-4ccc3oc4ccccc4c23)c(-c2ccccc2)c1. The van der Waals surface area contributed by atoms with Crippen molar-refractivity contribution in [3.05, 3.63) is 174 Å². The van der Waals surface area contributed by atoms with E-state index in [0.29, 0.717) is 0 Å². The highest BCUT2D eigenvalue weighted by Gasteiger charge is 2.51. The second-order valence-electron chi connectivity index (χ2n) is 20.8.